The molecule has 2 amide bonds. The summed E-state index contributed by atoms with van der Waals surface area (Å²) in [5.74, 6) is -0.525. The summed E-state index contributed by atoms with van der Waals surface area (Å²) in [6.07, 6.45) is 1.19. The summed E-state index contributed by atoms with van der Waals surface area (Å²) < 4.78 is 1.05. The van der Waals surface area contributed by atoms with Gasteiger partial charge in [-0.2, -0.15) is 0 Å². The van der Waals surface area contributed by atoms with Crippen LogP contribution in [-0.4, -0.2) is 23.3 Å². The molecule has 0 saturated carbocycles. The largest absolute Gasteiger partial charge is 0.312 e. The van der Waals surface area contributed by atoms with E-state index in [1.807, 2.05) is 43.3 Å². The van der Waals surface area contributed by atoms with Crippen LogP contribution < -0.4 is 10.2 Å². The summed E-state index contributed by atoms with van der Waals surface area (Å²) in [5.41, 5.74) is 4.12. The van der Waals surface area contributed by atoms with Crippen LogP contribution in [0.1, 0.15) is 24.5 Å². The van der Waals surface area contributed by atoms with Crippen molar-refractivity contribution >= 4 is 44.2 Å². The van der Waals surface area contributed by atoms with Crippen LogP contribution in [0.3, 0.4) is 0 Å². The van der Waals surface area contributed by atoms with Gasteiger partial charge in [0.25, 0.3) is 0 Å². The van der Waals surface area contributed by atoms with Gasteiger partial charge < -0.3 is 10.2 Å². The number of aryl methyl sites for hydroxylation is 2. The van der Waals surface area contributed by atoms with E-state index in [2.05, 4.69) is 23.3 Å². The highest BCUT2D eigenvalue weighted by Crippen LogP contribution is 2.29. The van der Waals surface area contributed by atoms with Gasteiger partial charge in [-0.25, -0.2) is 4.98 Å². The zero-order valence-electron chi connectivity index (χ0n) is 15.4. The molecular formula is C21H21N3O2S. The zero-order valence-corrected chi connectivity index (χ0v) is 16.2. The normalized spacial score (nSPS) is 16.9. The molecule has 1 saturated heterocycles. The third-order valence-corrected chi connectivity index (χ3v) is 5.86. The van der Waals surface area contributed by atoms with E-state index >= 15 is 0 Å². The molecule has 3 aromatic rings. The molecule has 1 aromatic heterocycles. The average molecular weight is 379 g/mol. The fourth-order valence-electron chi connectivity index (χ4n) is 3.34. The number of carbonyl (C=O) groups excluding carboxylic acids is 2. The molecule has 0 spiro atoms. The average Bonchev–Trinajstić information content (AvgIpc) is 3.24. The van der Waals surface area contributed by atoms with Gasteiger partial charge in [-0.15, -0.1) is 0 Å². The van der Waals surface area contributed by atoms with Gasteiger partial charge in [0.1, 0.15) is 0 Å². The smallest absolute Gasteiger partial charge is 0.231 e. The van der Waals surface area contributed by atoms with Crippen LogP contribution in [0.2, 0.25) is 0 Å². The van der Waals surface area contributed by atoms with Crippen LogP contribution in [0.4, 0.5) is 10.8 Å². The summed E-state index contributed by atoms with van der Waals surface area (Å²) in [4.78, 5) is 31.2. The molecule has 1 aliphatic heterocycles. The van der Waals surface area contributed by atoms with E-state index in [1.165, 1.54) is 16.9 Å². The zero-order chi connectivity index (χ0) is 19.0. The molecule has 0 aliphatic carbocycles. The highest BCUT2D eigenvalue weighted by Gasteiger charge is 2.35. The quantitative estimate of drug-likeness (QED) is 0.740. The van der Waals surface area contributed by atoms with Gasteiger partial charge in [0.2, 0.25) is 11.8 Å². The number of rotatable bonds is 4. The Morgan fingerprint density at radius 1 is 1.26 bits per heavy atom. The Bertz CT molecular complexity index is 1010. The van der Waals surface area contributed by atoms with Gasteiger partial charge in [-0.05, 0) is 48.7 Å². The molecule has 1 N–H and O–H groups in total. The molecule has 0 unspecified atom stereocenters. The molecule has 1 aliphatic rings. The SMILES string of the molecule is CCc1ccc(N2C[C@@H](C(=O)Nc3nc4ccc(C)cc4s3)CC2=O)cc1. The van der Waals surface area contributed by atoms with Gasteiger partial charge in [0.05, 0.1) is 16.1 Å². The van der Waals surface area contributed by atoms with Crippen molar-refractivity contribution in [2.75, 3.05) is 16.8 Å². The third kappa shape index (κ3) is 3.57. The molecular weight excluding hydrogens is 358 g/mol. The van der Waals surface area contributed by atoms with Crippen molar-refractivity contribution in [2.24, 2.45) is 5.92 Å². The minimum absolute atomic E-state index is 0.0145. The van der Waals surface area contributed by atoms with Crippen molar-refractivity contribution < 1.29 is 9.59 Å². The number of aromatic nitrogens is 1. The van der Waals surface area contributed by atoms with Crippen LogP contribution in [0.25, 0.3) is 10.2 Å². The number of fused-ring (bicyclic) bond motifs is 1. The van der Waals surface area contributed by atoms with Crippen molar-refractivity contribution in [3.05, 3.63) is 53.6 Å². The number of anilines is 2. The molecule has 1 atom stereocenters. The van der Waals surface area contributed by atoms with Gasteiger partial charge in [0, 0.05) is 18.7 Å². The number of hydrogen-bond donors (Lipinski definition) is 1. The first kappa shape index (κ1) is 17.7. The van der Waals surface area contributed by atoms with Crippen molar-refractivity contribution in [3.8, 4) is 0 Å². The topological polar surface area (TPSA) is 62.3 Å². The minimum atomic E-state index is -0.364. The first-order chi connectivity index (χ1) is 13.0. The summed E-state index contributed by atoms with van der Waals surface area (Å²) in [6, 6.07) is 14.0. The summed E-state index contributed by atoms with van der Waals surface area (Å²) in [7, 11) is 0. The molecule has 27 heavy (non-hydrogen) atoms. The third-order valence-electron chi connectivity index (χ3n) is 4.93. The maximum Gasteiger partial charge on any atom is 0.231 e. The monoisotopic (exact) mass is 379 g/mol. The van der Waals surface area contributed by atoms with E-state index in [0.717, 1.165) is 27.9 Å². The molecule has 5 nitrogen and oxygen atoms in total. The highest BCUT2D eigenvalue weighted by atomic mass is 32.1. The van der Waals surface area contributed by atoms with Crippen LogP contribution >= 0.6 is 11.3 Å². The molecule has 0 radical (unpaired) electrons. The standard InChI is InChI=1S/C21H21N3O2S/c1-3-14-5-7-16(8-6-14)24-12-15(11-19(24)25)20(26)23-21-22-17-9-4-13(2)10-18(17)27-21/h4-10,15H,3,11-12H2,1-2H3,(H,22,23,26)/t15-/m0/s1. The number of hydrogen-bond acceptors (Lipinski definition) is 4. The van der Waals surface area contributed by atoms with Crippen molar-refractivity contribution in [2.45, 2.75) is 26.7 Å². The Labute approximate surface area is 162 Å². The maximum atomic E-state index is 12.7. The van der Waals surface area contributed by atoms with E-state index < -0.39 is 0 Å². The summed E-state index contributed by atoms with van der Waals surface area (Å²) in [6.45, 7) is 4.53. The lowest BCUT2D eigenvalue weighted by Crippen LogP contribution is -2.28. The van der Waals surface area contributed by atoms with Gasteiger partial charge in [-0.1, -0.05) is 36.5 Å². The Morgan fingerprint density at radius 3 is 2.78 bits per heavy atom. The fourth-order valence-corrected chi connectivity index (χ4v) is 4.30. The first-order valence-electron chi connectivity index (χ1n) is 9.11. The lowest BCUT2D eigenvalue weighted by Gasteiger charge is -2.17. The Kier molecular flexibility index (Phi) is 4.66. The second-order valence-electron chi connectivity index (χ2n) is 6.90. The number of nitrogens with one attached hydrogen (secondary N) is 1. The molecule has 6 heteroatoms. The highest BCUT2D eigenvalue weighted by molar-refractivity contribution is 7.22. The second kappa shape index (κ2) is 7.12. The number of benzene rings is 2. The van der Waals surface area contributed by atoms with Crippen molar-refractivity contribution in [1.29, 1.82) is 0 Å². The Balaban J connectivity index is 1.46. The van der Waals surface area contributed by atoms with Crippen LogP contribution in [0.15, 0.2) is 42.5 Å². The van der Waals surface area contributed by atoms with Gasteiger partial charge >= 0.3 is 0 Å². The van der Waals surface area contributed by atoms with E-state index in [0.29, 0.717) is 11.7 Å². The number of thiazole rings is 1. The van der Waals surface area contributed by atoms with E-state index in [1.54, 1.807) is 4.90 Å². The Morgan fingerprint density at radius 2 is 2.04 bits per heavy atom. The molecule has 0 bridgehead atoms. The molecule has 1 fully saturated rings. The maximum absolute atomic E-state index is 12.7. The number of amides is 2. The lowest BCUT2D eigenvalue weighted by atomic mass is 10.1. The summed E-state index contributed by atoms with van der Waals surface area (Å²) >= 11 is 1.46. The van der Waals surface area contributed by atoms with Gasteiger partial charge in [0.15, 0.2) is 5.13 Å². The van der Waals surface area contributed by atoms with Crippen molar-refractivity contribution in [1.82, 2.24) is 4.98 Å². The first-order valence-corrected chi connectivity index (χ1v) is 9.92. The van der Waals surface area contributed by atoms with Crippen molar-refractivity contribution in [3.63, 3.8) is 0 Å². The second-order valence-corrected chi connectivity index (χ2v) is 7.94. The van der Waals surface area contributed by atoms with E-state index in [4.69, 9.17) is 0 Å². The molecule has 2 aromatic carbocycles. The number of nitrogens with zero attached hydrogens (tertiary/aromatic N) is 2. The minimum Gasteiger partial charge on any atom is -0.312 e. The van der Waals surface area contributed by atoms with Crippen LogP contribution in [-0.2, 0) is 16.0 Å². The molecule has 4 rings (SSSR count). The lowest BCUT2D eigenvalue weighted by molar-refractivity contribution is -0.122. The predicted molar refractivity (Wildman–Crippen MR) is 109 cm³/mol. The van der Waals surface area contributed by atoms with E-state index in [9.17, 15) is 9.59 Å². The molecule has 2 heterocycles. The Hall–Kier alpha value is -2.73. The summed E-state index contributed by atoms with van der Waals surface area (Å²) in [5, 5.41) is 3.48. The van der Waals surface area contributed by atoms with E-state index in [-0.39, 0.29) is 24.2 Å². The number of carbonyl (C=O) groups is 2. The fraction of sp³-hybridized carbons (Fsp3) is 0.286. The van der Waals surface area contributed by atoms with Crippen LogP contribution in [0, 0.1) is 12.8 Å². The van der Waals surface area contributed by atoms with Crippen LogP contribution in [0.5, 0.6) is 0 Å². The predicted octanol–water partition coefficient (Wildman–Crippen LogP) is 4.16. The molecule has 138 valence electrons. The van der Waals surface area contributed by atoms with Gasteiger partial charge in [-0.3, -0.25) is 9.59 Å².